The van der Waals surface area contributed by atoms with Crippen LogP contribution in [0, 0.1) is 0 Å². The summed E-state index contributed by atoms with van der Waals surface area (Å²) < 4.78 is 42.9. The maximum absolute atomic E-state index is 12.8. The van der Waals surface area contributed by atoms with Crippen LogP contribution in [0.2, 0.25) is 0 Å². The molecular formula is C13H11F3N2O4. The van der Waals surface area contributed by atoms with Gasteiger partial charge in [-0.05, 0) is 12.1 Å². The van der Waals surface area contributed by atoms with Gasteiger partial charge in [-0.2, -0.15) is 13.2 Å². The Morgan fingerprint density at radius 1 is 1.27 bits per heavy atom. The molecule has 0 radical (unpaired) electrons. The lowest BCUT2D eigenvalue weighted by molar-refractivity contribution is -0.138. The largest absolute Gasteiger partial charge is 0.452 e. The first-order valence-corrected chi connectivity index (χ1v) is 6.22. The Hall–Kier alpha value is -2.58. The zero-order chi connectivity index (χ0) is 16.3. The molecule has 6 nitrogen and oxygen atoms in total. The molecule has 1 aliphatic heterocycles. The molecule has 0 unspecified atom stereocenters. The summed E-state index contributed by atoms with van der Waals surface area (Å²) in [5.41, 5.74) is -1.83. The highest BCUT2D eigenvalue weighted by Crippen LogP contribution is 2.32. The minimum absolute atomic E-state index is 0.119. The van der Waals surface area contributed by atoms with Gasteiger partial charge in [0.05, 0.1) is 11.1 Å². The standard InChI is InChI=1S/C13H11F3N2O4/c14-13(15,16)9-4-2-1-3-8(9)11(20)22-7-10(19)18-6-5-17-12(18)21/h1-4H,5-7H2,(H,17,21). The molecule has 1 fully saturated rings. The van der Waals surface area contributed by atoms with Crippen LogP contribution >= 0.6 is 0 Å². The van der Waals surface area contributed by atoms with Crippen LogP contribution in [-0.2, 0) is 15.7 Å². The normalized spacial score (nSPS) is 14.7. The van der Waals surface area contributed by atoms with Gasteiger partial charge in [-0.3, -0.25) is 9.69 Å². The number of imide groups is 1. The van der Waals surface area contributed by atoms with Gasteiger partial charge in [0, 0.05) is 13.1 Å². The Balaban J connectivity index is 2.04. The monoisotopic (exact) mass is 316 g/mol. The van der Waals surface area contributed by atoms with Gasteiger partial charge in [0.1, 0.15) is 0 Å². The summed E-state index contributed by atoms with van der Waals surface area (Å²) in [6, 6.07) is 3.46. The molecular weight excluding hydrogens is 305 g/mol. The first-order valence-electron chi connectivity index (χ1n) is 6.22. The molecule has 118 valence electrons. The molecule has 1 N–H and O–H groups in total. The van der Waals surface area contributed by atoms with Crippen molar-refractivity contribution in [3.8, 4) is 0 Å². The third kappa shape index (κ3) is 3.35. The summed E-state index contributed by atoms with van der Waals surface area (Å²) in [5, 5.41) is 2.38. The van der Waals surface area contributed by atoms with Crippen molar-refractivity contribution < 1.29 is 32.3 Å². The predicted octanol–water partition coefficient (Wildman–Crippen LogP) is 1.41. The van der Waals surface area contributed by atoms with E-state index in [1.54, 1.807) is 0 Å². The number of amides is 3. The van der Waals surface area contributed by atoms with Crippen LogP contribution in [0.15, 0.2) is 24.3 Å². The summed E-state index contributed by atoms with van der Waals surface area (Å²) in [6.45, 7) is -0.414. The van der Waals surface area contributed by atoms with E-state index < -0.39 is 41.8 Å². The topological polar surface area (TPSA) is 75.7 Å². The molecule has 1 aromatic rings. The lowest BCUT2D eigenvalue weighted by atomic mass is 10.1. The van der Waals surface area contributed by atoms with Crippen LogP contribution in [0.4, 0.5) is 18.0 Å². The van der Waals surface area contributed by atoms with E-state index in [1.807, 2.05) is 0 Å². The molecule has 0 saturated carbocycles. The molecule has 0 spiro atoms. The highest BCUT2D eigenvalue weighted by atomic mass is 19.4. The van der Waals surface area contributed by atoms with Crippen molar-refractivity contribution in [3.63, 3.8) is 0 Å². The van der Waals surface area contributed by atoms with Crippen molar-refractivity contribution >= 4 is 17.9 Å². The Morgan fingerprint density at radius 3 is 2.55 bits per heavy atom. The number of hydrogen-bond donors (Lipinski definition) is 1. The van der Waals surface area contributed by atoms with Crippen LogP contribution in [0.1, 0.15) is 15.9 Å². The lowest BCUT2D eigenvalue weighted by Gasteiger charge is -2.14. The molecule has 3 amide bonds. The van der Waals surface area contributed by atoms with Gasteiger partial charge in [0.25, 0.3) is 5.91 Å². The Bertz CT molecular complexity index is 616. The number of urea groups is 1. The van der Waals surface area contributed by atoms with E-state index >= 15 is 0 Å². The Kier molecular flexibility index (Phi) is 4.34. The van der Waals surface area contributed by atoms with Gasteiger partial charge in [0.15, 0.2) is 6.61 Å². The Labute approximate surface area is 122 Å². The second-order valence-corrected chi connectivity index (χ2v) is 4.40. The smallest absolute Gasteiger partial charge is 0.417 e. The van der Waals surface area contributed by atoms with Crippen molar-refractivity contribution in [1.82, 2.24) is 10.2 Å². The number of benzene rings is 1. The molecule has 0 atom stereocenters. The second-order valence-electron chi connectivity index (χ2n) is 4.40. The van der Waals surface area contributed by atoms with Crippen molar-refractivity contribution in [2.75, 3.05) is 19.7 Å². The maximum Gasteiger partial charge on any atom is 0.417 e. The zero-order valence-corrected chi connectivity index (χ0v) is 11.1. The molecule has 1 saturated heterocycles. The van der Waals surface area contributed by atoms with Crippen LogP contribution < -0.4 is 5.32 Å². The average molecular weight is 316 g/mol. The summed E-state index contributed by atoms with van der Waals surface area (Å²) >= 11 is 0. The fourth-order valence-electron chi connectivity index (χ4n) is 1.90. The van der Waals surface area contributed by atoms with E-state index in [-0.39, 0.29) is 13.1 Å². The number of alkyl halides is 3. The van der Waals surface area contributed by atoms with Crippen molar-refractivity contribution in [2.45, 2.75) is 6.18 Å². The lowest BCUT2D eigenvalue weighted by Crippen LogP contribution is -2.37. The molecule has 0 aliphatic carbocycles. The number of carbonyl (C=O) groups excluding carboxylic acids is 3. The number of hydrogen-bond acceptors (Lipinski definition) is 4. The zero-order valence-electron chi connectivity index (χ0n) is 11.1. The van der Waals surface area contributed by atoms with Crippen LogP contribution in [-0.4, -0.2) is 42.5 Å². The minimum atomic E-state index is -4.71. The van der Waals surface area contributed by atoms with Gasteiger partial charge in [-0.15, -0.1) is 0 Å². The highest BCUT2D eigenvalue weighted by molar-refractivity contribution is 5.98. The highest BCUT2D eigenvalue weighted by Gasteiger charge is 2.35. The van der Waals surface area contributed by atoms with Gasteiger partial charge in [-0.1, -0.05) is 12.1 Å². The summed E-state index contributed by atoms with van der Waals surface area (Å²) in [4.78, 5) is 35.4. The summed E-state index contributed by atoms with van der Waals surface area (Å²) in [7, 11) is 0. The van der Waals surface area contributed by atoms with Crippen LogP contribution in [0.5, 0.6) is 0 Å². The van der Waals surface area contributed by atoms with Gasteiger partial charge in [0.2, 0.25) is 0 Å². The van der Waals surface area contributed by atoms with Crippen LogP contribution in [0.25, 0.3) is 0 Å². The van der Waals surface area contributed by atoms with Crippen molar-refractivity contribution in [2.24, 2.45) is 0 Å². The quantitative estimate of drug-likeness (QED) is 0.856. The van der Waals surface area contributed by atoms with Gasteiger partial charge >= 0.3 is 18.2 Å². The first-order chi connectivity index (χ1) is 10.3. The third-order valence-electron chi connectivity index (χ3n) is 2.94. The summed E-state index contributed by atoms with van der Waals surface area (Å²) in [6.07, 6.45) is -4.71. The maximum atomic E-state index is 12.8. The molecule has 1 aliphatic rings. The third-order valence-corrected chi connectivity index (χ3v) is 2.94. The fourth-order valence-corrected chi connectivity index (χ4v) is 1.90. The molecule has 9 heteroatoms. The van der Waals surface area contributed by atoms with Crippen molar-refractivity contribution in [1.29, 1.82) is 0 Å². The predicted molar refractivity (Wildman–Crippen MR) is 66.8 cm³/mol. The average Bonchev–Trinajstić information content (AvgIpc) is 2.89. The molecule has 2 rings (SSSR count). The number of nitrogens with one attached hydrogen (secondary N) is 1. The van der Waals surface area contributed by atoms with E-state index in [4.69, 9.17) is 0 Å². The van der Waals surface area contributed by atoms with E-state index in [2.05, 4.69) is 10.1 Å². The molecule has 0 aromatic heterocycles. The molecule has 22 heavy (non-hydrogen) atoms. The number of halogens is 3. The van der Waals surface area contributed by atoms with Gasteiger partial charge < -0.3 is 10.1 Å². The van der Waals surface area contributed by atoms with Crippen molar-refractivity contribution in [3.05, 3.63) is 35.4 Å². The second kappa shape index (κ2) is 6.04. The van der Waals surface area contributed by atoms with Crippen LogP contribution in [0.3, 0.4) is 0 Å². The molecule has 0 bridgehead atoms. The van der Waals surface area contributed by atoms with E-state index in [0.29, 0.717) is 0 Å². The number of carbonyl (C=O) groups is 3. The SMILES string of the molecule is O=C(OCC(=O)N1CCNC1=O)c1ccccc1C(F)(F)F. The van der Waals surface area contributed by atoms with E-state index in [0.717, 1.165) is 23.1 Å². The number of ether oxygens (including phenoxy) is 1. The molecule has 1 heterocycles. The first kappa shape index (κ1) is 15.8. The fraction of sp³-hybridized carbons (Fsp3) is 0.308. The van der Waals surface area contributed by atoms with Gasteiger partial charge in [-0.25, -0.2) is 9.59 Å². The van der Waals surface area contributed by atoms with E-state index in [1.165, 1.54) is 6.07 Å². The number of rotatable bonds is 3. The number of nitrogens with zero attached hydrogens (tertiary/aromatic N) is 1. The number of esters is 1. The molecule has 1 aromatic carbocycles. The Morgan fingerprint density at radius 2 is 1.95 bits per heavy atom. The van der Waals surface area contributed by atoms with E-state index in [9.17, 15) is 27.6 Å². The minimum Gasteiger partial charge on any atom is -0.452 e. The summed E-state index contributed by atoms with van der Waals surface area (Å²) in [5.74, 6) is -2.08.